The molecule has 1 amide bonds. The second-order valence-corrected chi connectivity index (χ2v) is 9.81. The minimum Gasteiger partial charge on any atom is -0.437 e. The van der Waals surface area contributed by atoms with Crippen LogP contribution in [0.1, 0.15) is 28.1 Å². The molecule has 1 saturated heterocycles. The van der Waals surface area contributed by atoms with Crippen LogP contribution >= 0.6 is 22.9 Å². The van der Waals surface area contributed by atoms with E-state index in [9.17, 15) is 4.79 Å². The molecule has 4 aromatic rings. The van der Waals surface area contributed by atoms with Crippen LogP contribution in [0.4, 0.5) is 0 Å². The Morgan fingerprint density at radius 1 is 1.17 bits per heavy atom. The van der Waals surface area contributed by atoms with Crippen LogP contribution in [0.25, 0.3) is 11.3 Å². The van der Waals surface area contributed by atoms with Crippen molar-refractivity contribution >= 4 is 28.8 Å². The molecule has 0 radical (unpaired) electrons. The summed E-state index contributed by atoms with van der Waals surface area (Å²) < 4.78 is 13.9. The molecule has 1 fully saturated rings. The van der Waals surface area contributed by atoms with E-state index in [0.29, 0.717) is 34.6 Å². The largest absolute Gasteiger partial charge is 0.437 e. The third-order valence-electron chi connectivity index (χ3n) is 5.99. The fourth-order valence-electron chi connectivity index (χ4n) is 4.28. The van der Waals surface area contributed by atoms with Crippen LogP contribution in [0.3, 0.4) is 0 Å². The van der Waals surface area contributed by atoms with E-state index in [1.54, 1.807) is 10.7 Å². The van der Waals surface area contributed by atoms with Gasteiger partial charge in [0.1, 0.15) is 11.4 Å². The molecule has 5 rings (SSSR count). The number of aromatic nitrogens is 2. The summed E-state index contributed by atoms with van der Waals surface area (Å²) in [7, 11) is 1.84. The molecule has 2 aromatic heterocycles. The molecule has 180 valence electrons. The maximum absolute atomic E-state index is 13.6. The van der Waals surface area contributed by atoms with Crippen molar-refractivity contribution in [2.24, 2.45) is 7.05 Å². The first-order valence-corrected chi connectivity index (χ1v) is 12.8. The number of carbonyl (C=O) groups is 1. The molecule has 0 unspecified atom stereocenters. The van der Waals surface area contributed by atoms with Gasteiger partial charge in [-0.2, -0.15) is 5.10 Å². The first-order valence-electron chi connectivity index (χ1n) is 11.6. The highest BCUT2D eigenvalue weighted by atomic mass is 35.5. The smallest absolute Gasteiger partial charge is 0.264 e. The molecule has 0 spiro atoms. The number of para-hydroxylation sites is 1. The van der Waals surface area contributed by atoms with Gasteiger partial charge in [-0.05, 0) is 36.4 Å². The van der Waals surface area contributed by atoms with Crippen molar-refractivity contribution < 1.29 is 14.3 Å². The number of thiophene rings is 1. The standard InChI is InChI=1S/C27H26ClN3O3S/c1-30-27(34-23-13-6-5-12-22(23)28)21(25(29-30)19-9-3-2-4-10-19)18-31(17-20-11-7-15-33-20)26(32)24-14-8-16-35-24/h2-6,8-10,12-14,16,20H,7,11,15,17-18H2,1H3/t20-/m0/s1. The van der Waals surface area contributed by atoms with Crippen molar-refractivity contribution in [3.05, 3.63) is 87.6 Å². The third kappa shape index (κ3) is 5.27. The van der Waals surface area contributed by atoms with E-state index in [0.717, 1.165) is 36.3 Å². The second kappa shape index (κ2) is 10.6. The van der Waals surface area contributed by atoms with Crippen molar-refractivity contribution in [2.45, 2.75) is 25.5 Å². The van der Waals surface area contributed by atoms with Crippen LogP contribution in [0.2, 0.25) is 5.02 Å². The van der Waals surface area contributed by atoms with Gasteiger partial charge in [-0.3, -0.25) is 4.79 Å². The Morgan fingerprint density at radius 3 is 2.69 bits per heavy atom. The molecule has 0 aliphatic carbocycles. The van der Waals surface area contributed by atoms with Gasteiger partial charge in [-0.25, -0.2) is 4.68 Å². The number of hydrogen-bond acceptors (Lipinski definition) is 5. The Bertz CT molecular complexity index is 1280. The van der Waals surface area contributed by atoms with E-state index >= 15 is 0 Å². The fourth-order valence-corrected chi connectivity index (χ4v) is 5.15. The Labute approximate surface area is 213 Å². The van der Waals surface area contributed by atoms with Crippen molar-refractivity contribution in [2.75, 3.05) is 13.2 Å². The van der Waals surface area contributed by atoms with Crippen LogP contribution < -0.4 is 4.74 Å². The first kappa shape index (κ1) is 23.6. The minimum atomic E-state index is -0.0259. The highest BCUT2D eigenvalue weighted by Crippen LogP contribution is 2.37. The predicted molar refractivity (Wildman–Crippen MR) is 138 cm³/mol. The van der Waals surface area contributed by atoms with Crippen molar-refractivity contribution in [3.63, 3.8) is 0 Å². The summed E-state index contributed by atoms with van der Waals surface area (Å²) in [6, 6.07) is 21.0. The van der Waals surface area contributed by atoms with E-state index in [1.807, 2.05) is 78.0 Å². The molecule has 2 aromatic carbocycles. The SMILES string of the molecule is Cn1nc(-c2ccccc2)c(CN(C[C@@H]2CCCO2)C(=O)c2cccs2)c1Oc1ccccc1Cl. The molecule has 6 nitrogen and oxygen atoms in total. The van der Waals surface area contributed by atoms with Gasteiger partial charge in [0.2, 0.25) is 5.88 Å². The third-order valence-corrected chi connectivity index (χ3v) is 7.16. The Balaban J connectivity index is 1.56. The van der Waals surface area contributed by atoms with Gasteiger partial charge in [0.25, 0.3) is 5.91 Å². The molecule has 1 aliphatic rings. The number of halogens is 1. The van der Waals surface area contributed by atoms with E-state index in [1.165, 1.54) is 11.3 Å². The quantitative estimate of drug-likeness (QED) is 0.276. The lowest BCUT2D eigenvalue weighted by Gasteiger charge is -2.25. The number of benzene rings is 2. The lowest BCUT2D eigenvalue weighted by molar-refractivity contribution is 0.0510. The summed E-state index contributed by atoms with van der Waals surface area (Å²) >= 11 is 7.85. The number of aryl methyl sites for hydroxylation is 1. The zero-order chi connectivity index (χ0) is 24.2. The Hall–Kier alpha value is -3.13. The molecule has 0 N–H and O–H groups in total. The van der Waals surface area contributed by atoms with E-state index < -0.39 is 0 Å². The summed E-state index contributed by atoms with van der Waals surface area (Å²) in [4.78, 5) is 16.1. The monoisotopic (exact) mass is 507 g/mol. The molecule has 3 heterocycles. The molecule has 0 bridgehead atoms. The predicted octanol–water partition coefficient (Wildman–Crippen LogP) is 6.42. The topological polar surface area (TPSA) is 56.6 Å². The molecular formula is C27H26ClN3O3S. The van der Waals surface area contributed by atoms with E-state index in [4.69, 9.17) is 26.2 Å². The number of rotatable bonds is 8. The lowest BCUT2D eigenvalue weighted by Crippen LogP contribution is -2.36. The second-order valence-electron chi connectivity index (χ2n) is 8.45. The van der Waals surface area contributed by atoms with Gasteiger partial charge in [0, 0.05) is 25.8 Å². The number of nitrogens with zero attached hydrogens (tertiary/aromatic N) is 3. The fraction of sp³-hybridized carbons (Fsp3) is 0.259. The van der Waals surface area contributed by atoms with Gasteiger partial charge in [-0.1, -0.05) is 60.1 Å². The normalized spacial score (nSPS) is 15.3. The van der Waals surface area contributed by atoms with Crippen molar-refractivity contribution in [3.8, 4) is 22.9 Å². The average molecular weight is 508 g/mol. The number of hydrogen-bond donors (Lipinski definition) is 0. The molecule has 35 heavy (non-hydrogen) atoms. The van der Waals surface area contributed by atoms with Crippen LogP contribution in [-0.2, 0) is 18.3 Å². The van der Waals surface area contributed by atoms with Gasteiger partial charge in [0.05, 0.1) is 28.1 Å². The van der Waals surface area contributed by atoms with Gasteiger partial charge in [-0.15, -0.1) is 11.3 Å². The van der Waals surface area contributed by atoms with Gasteiger partial charge >= 0.3 is 0 Å². The Morgan fingerprint density at radius 2 is 1.97 bits per heavy atom. The molecular weight excluding hydrogens is 482 g/mol. The van der Waals surface area contributed by atoms with Crippen molar-refractivity contribution in [1.29, 1.82) is 0 Å². The summed E-state index contributed by atoms with van der Waals surface area (Å²) in [6.07, 6.45) is 1.97. The van der Waals surface area contributed by atoms with Crippen LogP contribution in [0.5, 0.6) is 11.6 Å². The summed E-state index contributed by atoms with van der Waals surface area (Å²) in [6.45, 7) is 1.56. The van der Waals surface area contributed by atoms with Gasteiger partial charge < -0.3 is 14.4 Å². The van der Waals surface area contributed by atoms with Crippen LogP contribution in [0.15, 0.2) is 72.1 Å². The highest BCUT2D eigenvalue weighted by Gasteiger charge is 2.28. The molecule has 0 saturated carbocycles. The highest BCUT2D eigenvalue weighted by molar-refractivity contribution is 7.12. The zero-order valence-corrected chi connectivity index (χ0v) is 21.0. The first-order chi connectivity index (χ1) is 17.1. The number of carbonyl (C=O) groups excluding carboxylic acids is 1. The maximum atomic E-state index is 13.6. The van der Waals surface area contributed by atoms with E-state index in [-0.39, 0.29) is 12.0 Å². The average Bonchev–Trinajstić information content (AvgIpc) is 3.64. The zero-order valence-electron chi connectivity index (χ0n) is 19.4. The molecule has 8 heteroatoms. The lowest BCUT2D eigenvalue weighted by atomic mass is 10.1. The summed E-state index contributed by atoms with van der Waals surface area (Å²) in [5.74, 6) is 1.06. The van der Waals surface area contributed by atoms with Gasteiger partial charge in [0.15, 0.2) is 0 Å². The number of ether oxygens (including phenoxy) is 2. The van der Waals surface area contributed by atoms with Crippen LogP contribution in [0, 0.1) is 0 Å². The minimum absolute atomic E-state index is 0.0173. The number of amides is 1. The molecule has 1 atom stereocenters. The Kier molecular flexibility index (Phi) is 7.18. The van der Waals surface area contributed by atoms with Crippen LogP contribution in [-0.4, -0.2) is 39.8 Å². The van der Waals surface area contributed by atoms with E-state index in [2.05, 4.69) is 0 Å². The molecule has 1 aliphatic heterocycles. The van der Waals surface area contributed by atoms with Crippen molar-refractivity contribution in [1.82, 2.24) is 14.7 Å². The summed E-state index contributed by atoms with van der Waals surface area (Å²) in [5, 5.41) is 7.22. The maximum Gasteiger partial charge on any atom is 0.264 e. The summed E-state index contributed by atoms with van der Waals surface area (Å²) in [5.41, 5.74) is 2.54.